The van der Waals surface area contributed by atoms with Gasteiger partial charge in [0.25, 0.3) is 0 Å². The molecular weight excluding hydrogens is 232 g/mol. The lowest BCUT2D eigenvalue weighted by Crippen LogP contribution is -2.15. The predicted molar refractivity (Wildman–Crippen MR) is 78.1 cm³/mol. The lowest BCUT2D eigenvalue weighted by molar-refractivity contribution is -0.120. The van der Waals surface area contributed by atoms with Gasteiger partial charge < -0.3 is 0 Å². The van der Waals surface area contributed by atoms with E-state index in [0.717, 1.165) is 37.0 Å². The maximum atomic E-state index is 12.2. The first-order valence-corrected chi connectivity index (χ1v) is 7.78. The molecule has 0 radical (unpaired) electrons. The standard InChI is InChI=1S/C18H24O/c1-13-4-2-3-5-15(13)8-9-18(19)12-17-11-14-6-7-16(17)10-14/h2-5,14,16-17H,6-12H2,1H3. The second kappa shape index (κ2) is 5.48. The third-order valence-corrected chi connectivity index (χ3v) is 5.31. The molecule has 2 aliphatic rings. The van der Waals surface area contributed by atoms with E-state index in [0.29, 0.717) is 5.78 Å². The summed E-state index contributed by atoms with van der Waals surface area (Å²) in [6.07, 6.45) is 8.08. The molecular formula is C18H24O. The average Bonchev–Trinajstić information content (AvgIpc) is 3.00. The van der Waals surface area contributed by atoms with E-state index < -0.39 is 0 Å². The van der Waals surface area contributed by atoms with Gasteiger partial charge in [0.15, 0.2) is 0 Å². The van der Waals surface area contributed by atoms with Crippen molar-refractivity contribution in [2.75, 3.05) is 0 Å². The van der Waals surface area contributed by atoms with Crippen LogP contribution in [0, 0.1) is 24.7 Å². The van der Waals surface area contributed by atoms with Crippen LogP contribution >= 0.6 is 0 Å². The van der Waals surface area contributed by atoms with Gasteiger partial charge in [0, 0.05) is 12.8 Å². The number of benzene rings is 1. The van der Waals surface area contributed by atoms with Crippen molar-refractivity contribution in [3.63, 3.8) is 0 Å². The first kappa shape index (κ1) is 12.9. The van der Waals surface area contributed by atoms with Crippen molar-refractivity contribution >= 4 is 5.78 Å². The van der Waals surface area contributed by atoms with Crippen molar-refractivity contribution < 1.29 is 4.79 Å². The maximum Gasteiger partial charge on any atom is 0.133 e. The van der Waals surface area contributed by atoms with Gasteiger partial charge in [0.05, 0.1) is 0 Å². The Morgan fingerprint density at radius 3 is 2.74 bits per heavy atom. The van der Waals surface area contributed by atoms with Crippen molar-refractivity contribution in [2.24, 2.45) is 17.8 Å². The molecule has 1 aromatic rings. The molecule has 3 atom stereocenters. The van der Waals surface area contributed by atoms with Crippen LogP contribution < -0.4 is 0 Å². The summed E-state index contributed by atoms with van der Waals surface area (Å²) in [4.78, 5) is 12.2. The smallest absolute Gasteiger partial charge is 0.133 e. The van der Waals surface area contributed by atoms with E-state index in [9.17, 15) is 4.79 Å². The molecule has 2 aliphatic carbocycles. The monoisotopic (exact) mass is 256 g/mol. The molecule has 0 saturated heterocycles. The van der Waals surface area contributed by atoms with Crippen LogP contribution in [0.5, 0.6) is 0 Å². The Morgan fingerprint density at radius 1 is 1.21 bits per heavy atom. The summed E-state index contributed by atoms with van der Waals surface area (Å²) in [6, 6.07) is 8.43. The van der Waals surface area contributed by atoms with Crippen LogP contribution in [0.15, 0.2) is 24.3 Å². The average molecular weight is 256 g/mol. The third-order valence-electron chi connectivity index (χ3n) is 5.31. The molecule has 2 fully saturated rings. The van der Waals surface area contributed by atoms with Crippen LogP contribution in [-0.2, 0) is 11.2 Å². The van der Waals surface area contributed by atoms with Crippen molar-refractivity contribution in [3.8, 4) is 0 Å². The highest BCUT2D eigenvalue weighted by Crippen LogP contribution is 2.49. The minimum Gasteiger partial charge on any atom is -0.300 e. The fraction of sp³-hybridized carbons (Fsp3) is 0.611. The number of Topliss-reactive ketones (excluding diaryl/α,β-unsaturated/α-hetero) is 1. The van der Waals surface area contributed by atoms with Gasteiger partial charge in [-0.05, 0) is 61.5 Å². The van der Waals surface area contributed by atoms with Crippen molar-refractivity contribution in [1.82, 2.24) is 0 Å². The number of aryl methyl sites for hydroxylation is 2. The van der Waals surface area contributed by atoms with E-state index in [1.165, 1.54) is 36.8 Å². The Balaban J connectivity index is 1.48. The summed E-state index contributed by atoms with van der Waals surface area (Å²) >= 11 is 0. The second-order valence-corrected chi connectivity index (χ2v) is 6.60. The van der Waals surface area contributed by atoms with Crippen LogP contribution in [0.3, 0.4) is 0 Å². The van der Waals surface area contributed by atoms with E-state index in [2.05, 4.69) is 31.2 Å². The van der Waals surface area contributed by atoms with Gasteiger partial charge in [-0.15, -0.1) is 0 Å². The van der Waals surface area contributed by atoms with Gasteiger partial charge >= 0.3 is 0 Å². The highest BCUT2D eigenvalue weighted by Gasteiger charge is 2.39. The van der Waals surface area contributed by atoms with Crippen LogP contribution in [0.4, 0.5) is 0 Å². The highest BCUT2D eigenvalue weighted by molar-refractivity contribution is 5.79. The molecule has 19 heavy (non-hydrogen) atoms. The van der Waals surface area contributed by atoms with Crippen molar-refractivity contribution in [3.05, 3.63) is 35.4 Å². The summed E-state index contributed by atoms with van der Waals surface area (Å²) in [5.41, 5.74) is 2.65. The molecule has 1 nitrogen and oxygen atoms in total. The summed E-state index contributed by atoms with van der Waals surface area (Å²) in [5, 5.41) is 0. The molecule has 3 unspecified atom stereocenters. The Hall–Kier alpha value is -1.11. The third kappa shape index (κ3) is 2.91. The second-order valence-electron chi connectivity index (χ2n) is 6.60. The number of hydrogen-bond acceptors (Lipinski definition) is 1. The van der Waals surface area contributed by atoms with Gasteiger partial charge in [-0.2, -0.15) is 0 Å². The van der Waals surface area contributed by atoms with Crippen molar-refractivity contribution in [2.45, 2.75) is 51.9 Å². The quantitative estimate of drug-likeness (QED) is 0.766. The first-order chi connectivity index (χ1) is 9.22. The number of carbonyl (C=O) groups is 1. The molecule has 2 bridgehead atoms. The lowest BCUT2D eigenvalue weighted by atomic mass is 9.84. The number of hydrogen-bond donors (Lipinski definition) is 0. The molecule has 3 rings (SSSR count). The van der Waals surface area contributed by atoms with E-state index >= 15 is 0 Å². The topological polar surface area (TPSA) is 17.1 Å². The van der Waals surface area contributed by atoms with Crippen molar-refractivity contribution in [1.29, 1.82) is 0 Å². The highest BCUT2D eigenvalue weighted by atomic mass is 16.1. The minimum atomic E-state index is 0.487. The Labute approximate surface area is 116 Å². The Morgan fingerprint density at radius 2 is 2.05 bits per heavy atom. The zero-order valence-corrected chi connectivity index (χ0v) is 11.9. The molecule has 0 amide bonds. The molecule has 102 valence electrons. The van der Waals surface area contributed by atoms with Crippen LogP contribution in [0.25, 0.3) is 0 Å². The number of carbonyl (C=O) groups excluding carboxylic acids is 1. The summed E-state index contributed by atoms with van der Waals surface area (Å²) in [5.74, 6) is 3.05. The number of rotatable bonds is 5. The van der Waals surface area contributed by atoms with Gasteiger partial charge in [-0.3, -0.25) is 4.79 Å². The molecule has 0 aliphatic heterocycles. The SMILES string of the molecule is Cc1ccccc1CCC(=O)CC1CC2CCC1C2. The molecule has 2 saturated carbocycles. The number of ketones is 1. The predicted octanol–water partition coefficient (Wildman–Crippen LogP) is 4.32. The van der Waals surface area contributed by atoms with E-state index in [-0.39, 0.29) is 0 Å². The number of fused-ring (bicyclic) bond motifs is 2. The lowest BCUT2D eigenvalue weighted by Gasteiger charge is -2.20. The van der Waals surface area contributed by atoms with Gasteiger partial charge in [-0.25, -0.2) is 0 Å². The van der Waals surface area contributed by atoms with Crippen LogP contribution in [-0.4, -0.2) is 5.78 Å². The van der Waals surface area contributed by atoms with E-state index in [4.69, 9.17) is 0 Å². The summed E-state index contributed by atoms with van der Waals surface area (Å²) in [6.45, 7) is 2.13. The molecule has 1 aromatic carbocycles. The fourth-order valence-corrected chi connectivity index (χ4v) is 4.19. The largest absolute Gasteiger partial charge is 0.300 e. The maximum absolute atomic E-state index is 12.2. The van der Waals surface area contributed by atoms with E-state index in [1.807, 2.05) is 0 Å². The van der Waals surface area contributed by atoms with Gasteiger partial charge in [-0.1, -0.05) is 30.7 Å². The van der Waals surface area contributed by atoms with Crippen LogP contribution in [0.2, 0.25) is 0 Å². The normalized spacial score (nSPS) is 28.8. The Kier molecular flexibility index (Phi) is 3.72. The molecule has 0 aromatic heterocycles. The minimum absolute atomic E-state index is 0.487. The summed E-state index contributed by atoms with van der Waals surface area (Å²) < 4.78 is 0. The molecule has 0 heterocycles. The van der Waals surface area contributed by atoms with E-state index in [1.54, 1.807) is 0 Å². The zero-order valence-electron chi connectivity index (χ0n) is 11.9. The first-order valence-electron chi connectivity index (χ1n) is 7.78. The summed E-state index contributed by atoms with van der Waals surface area (Å²) in [7, 11) is 0. The Bertz CT molecular complexity index is 463. The molecule has 1 heteroatoms. The van der Waals surface area contributed by atoms with Gasteiger partial charge in [0.2, 0.25) is 0 Å². The molecule has 0 spiro atoms. The van der Waals surface area contributed by atoms with Gasteiger partial charge in [0.1, 0.15) is 5.78 Å². The fourth-order valence-electron chi connectivity index (χ4n) is 4.19. The van der Waals surface area contributed by atoms with Crippen LogP contribution in [0.1, 0.15) is 49.7 Å². The molecule has 0 N–H and O–H groups in total. The zero-order chi connectivity index (χ0) is 13.2.